The third kappa shape index (κ3) is 8.09. The highest BCUT2D eigenvalue weighted by Gasteiger charge is 2.61. The normalized spacial score (nSPS) is 31.9. The number of allylic oxidation sites excluding steroid dienone is 1. The van der Waals surface area contributed by atoms with Crippen molar-refractivity contribution in [2.45, 2.75) is 134 Å². The number of carbonyl (C=O) groups is 4. The smallest absolute Gasteiger partial charge is 0.408 e. The van der Waals surface area contributed by atoms with Gasteiger partial charge in [-0.15, -0.1) is 0 Å². The summed E-state index contributed by atoms with van der Waals surface area (Å²) in [6, 6.07) is -1.86. The van der Waals surface area contributed by atoms with Crippen LogP contribution in [0.15, 0.2) is 12.2 Å². The molecular formula is C30H49N5O7S. The monoisotopic (exact) mass is 623 g/mol. The molecule has 4 amide bonds. The molecule has 43 heavy (non-hydrogen) atoms. The van der Waals surface area contributed by atoms with E-state index in [4.69, 9.17) is 4.74 Å². The fourth-order valence-electron chi connectivity index (χ4n) is 6.51. The lowest BCUT2D eigenvalue weighted by Crippen LogP contribution is -2.59. The highest BCUT2D eigenvalue weighted by molar-refractivity contribution is 7.87. The summed E-state index contributed by atoms with van der Waals surface area (Å²) in [7, 11) is -4.10. The molecule has 242 valence electrons. The Kier molecular flexibility index (Phi) is 10.5. The zero-order valence-electron chi connectivity index (χ0n) is 26.0. The van der Waals surface area contributed by atoms with E-state index in [1.54, 1.807) is 20.8 Å². The van der Waals surface area contributed by atoms with Gasteiger partial charge in [0.05, 0.1) is 0 Å². The summed E-state index contributed by atoms with van der Waals surface area (Å²) in [5, 5.41) is 5.59. The fourth-order valence-corrected chi connectivity index (χ4v) is 8.06. The molecule has 0 aromatic rings. The van der Waals surface area contributed by atoms with Crippen molar-refractivity contribution in [3.63, 3.8) is 0 Å². The van der Waals surface area contributed by atoms with Crippen LogP contribution in [-0.4, -0.2) is 83.8 Å². The highest BCUT2D eigenvalue weighted by atomic mass is 32.2. The van der Waals surface area contributed by atoms with Gasteiger partial charge in [0.1, 0.15) is 23.2 Å². The summed E-state index contributed by atoms with van der Waals surface area (Å²) < 4.78 is 35.8. The first-order valence-electron chi connectivity index (χ1n) is 15.9. The van der Waals surface area contributed by atoms with Gasteiger partial charge in [-0.25, -0.2) is 9.52 Å². The minimum Gasteiger partial charge on any atom is -0.444 e. The number of rotatable bonds is 5. The Morgan fingerprint density at radius 2 is 1.79 bits per heavy atom. The van der Waals surface area contributed by atoms with Crippen LogP contribution in [0.1, 0.15) is 105 Å². The average molecular weight is 624 g/mol. The van der Waals surface area contributed by atoms with Crippen molar-refractivity contribution in [2.75, 3.05) is 13.1 Å². The van der Waals surface area contributed by atoms with Crippen LogP contribution >= 0.6 is 0 Å². The lowest BCUT2D eigenvalue weighted by atomic mass is 10.0. The number of carbonyl (C=O) groups excluding carboxylic acids is 4. The summed E-state index contributed by atoms with van der Waals surface area (Å²) in [6.45, 7) is 7.86. The molecule has 12 nitrogen and oxygen atoms in total. The molecule has 1 aliphatic carbocycles. The first kappa shape index (κ1) is 33.2. The van der Waals surface area contributed by atoms with E-state index in [2.05, 4.69) is 15.4 Å². The molecule has 3 fully saturated rings. The van der Waals surface area contributed by atoms with E-state index in [9.17, 15) is 27.6 Å². The number of alkyl carbamates (subject to hydrolysis) is 1. The van der Waals surface area contributed by atoms with Crippen molar-refractivity contribution >= 4 is 34.0 Å². The molecular weight excluding hydrogens is 574 g/mol. The zero-order valence-corrected chi connectivity index (χ0v) is 26.8. The molecule has 2 saturated heterocycles. The second-order valence-electron chi connectivity index (χ2n) is 13.3. The molecule has 1 unspecified atom stereocenters. The third-order valence-corrected chi connectivity index (χ3v) is 10.4. The van der Waals surface area contributed by atoms with E-state index in [1.165, 1.54) is 9.21 Å². The van der Waals surface area contributed by atoms with Crippen LogP contribution in [0, 0.1) is 5.92 Å². The minimum absolute atomic E-state index is 0.172. The van der Waals surface area contributed by atoms with Crippen molar-refractivity contribution in [3.8, 4) is 0 Å². The number of nitrogens with zero attached hydrogens (tertiary/aromatic N) is 2. The van der Waals surface area contributed by atoms with Gasteiger partial charge in [0, 0.05) is 25.0 Å². The van der Waals surface area contributed by atoms with Crippen LogP contribution in [0.3, 0.4) is 0 Å². The van der Waals surface area contributed by atoms with E-state index in [0.29, 0.717) is 45.2 Å². The van der Waals surface area contributed by atoms with Gasteiger partial charge in [0.15, 0.2) is 0 Å². The predicted molar refractivity (Wildman–Crippen MR) is 161 cm³/mol. The Hall–Kier alpha value is -2.67. The van der Waals surface area contributed by atoms with Gasteiger partial charge in [-0.3, -0.25) is 14.4 Å². The number of amides is 4. The molecule has 4 rings (SSSR count). The molecule has 4 aliphatic rings. The SMILES string of the molecule is CCC1CCCCN1S(=O)(=O)NC(=O)[C@@]12C[C@@H]1/C=C\CCCCC[C@H](NC(=O)OC(C)(C)C)C(=O)N1CCC[C@H]1C(=O)N2. The van der Waals surface area contributed by atoms with E-state index in [1.807, 2.05) is 19.1 Å². The van der Waals surface area contributed by atoms with Gasteiger partial charge in [-0.2, -0.15) is 12.7 Å². The molecule has 13 heteroatoms. The van der Waals surface area contributed by atoms with E-state index in [-0.39, 0.29) is 24.3 Å². The number of hydrogen-bond acceptors (Lipinski definition) is 7. The summed E-state index contributed by atoms with van der Waals surface area (Å²) in [5.41, 5.74) is -2.15. The maximum atomic E-state index is 13.7. The van der Waals surface area contributed by atoms with Crippen LogP contribution in [0.2, 0.25) is 0 Å². The largest absolute Gasteiger partial charge is 0.444 e. The van der Waals surface area contributed by atoms with E-state index in [0.717, 1.165) is 38.5 Å². The standard InChI is InChI=1S/C30H49N5O7S/c1-5-22-15-11-12-19-35(22)43(40,41)33-27(38)30-20-21(30)14-9-7-6-8-10-16-23(31-28(39)42-29(2,3)4)26(37)34-18-13-17-24(34)25(36)32-30/h9,14,21-24H,5-8,10-13,15-20H2,1-4H3,(H,31,39)(H,32,36)(H,33,38)/b14-9-/t21-,22?,23-,24-,30+/m0/s1. The van der Waals surface area contributed by atoms with Crippen molar-refractivity contribution in [1.82, 2.24) is 24.6 Å². The molecule has 3 aliphatic heterocycles. The first-order valence-corrected chi connectivity index (χ1v) is 17.3. The lowest BCUT2D eigenvalue weighted by Gasteiger charge is -2.34. The molecule has 0 spiro atoms. The Morgan fingerprint density at radius 1 is 1.05 bits per heavy atom. The topological polar surface area (TPSA) is 154 Å². The molecule has 0 bridgehead atoms. The average Bonchev–Trinajstić information content (AvgIpc) is 3.39. The molecule has 1 saturated carbocycles. The number of fused-ring (bicyclic) bond motifs is 2. The quantitative estimate of drug-likeness (QED) is 0.398. The van der Waals surface area contributed by atoms with Crippen LogP contribution in [0.25, 0.3) is 0 Å². The minimum atomic E-state index is -4.10. The maximum Gasteiger partial charge on any atom is 0.408 e. The Bertz CT molecular complexity index is 1200. The maximum absolute atomic E-state index is 13.7. The van der Waals surface area contributed by atoms with Gasteiger partial charge in [0.25, 0.3) is 5.91 Å². The number of nitrogens with one attached hydrogen (secondary N) is 3. The van der Waals surface area contributed by atoms with Crippen molar-refractivity contribution < 1.29 is 32.3 Å². The second kappa shape index (κ2) is 13.5. The van der Waals surface area contributed by atoms with Crippen LogP contribution in [0.5, 0.6) is 0 Å². The Morgan fingerprint density at radius 3 is 2.51 bits per heavy atom. The van der Waals surface area contributed by atoms with Gasteiger partial charge >= 0.3 is 16.3 Å². The number of hydrogen-bond donors (Lipinski definition) is 3. The van der Waals surface area contributed by atoms with Crippen molar-refractivity contribution in [2.24, 2.45) is 5.92 Å². The Balaban J connectivity index is 1.54. The molecule has 0 aromatic carbocycles. The van der Waals surface area contributed by atoms with Crippen LogP contribution in [0.4, 0.5) is 4.79 Å². The molecule has 5 atom stereocenters. The van der Waals surface area contributed by atoms with Gasteiger partial charge in [-0.1, -0.05) is 38.3 Å². The van der Waals surface area contributed by atoms with E-state index >= 15 is 0 Å². The summed E-state index contributed by atoms with van der Waals surface area (Å²) in [6.07, 6.45) is 11.0. The number of ether oxygens (including phenoxy) is 1. The second-order valence-corrected chi connectivity index (χ2v) is 15.0. The lowest BCUT2D eigenvalue weighted by molar-refractivity contribution is -0.141. The van der Waals surface area contributed by atoms with Crippen molar-refractivity contribution in [3.05, 3.63) is 12.2 Å². The van der Waals surface area contributed by atoms with Gasteiger partial charge in [0.2, 0.25) is 11.8 Å². The summed E-state index contributed by atoms with van der Waals surface area (Å²) in [5.74, 6) is -1.96. The molecule has 3 N–H and O–H groups in total. The van der Waals surface area contributed by atoms with Crippen molar-refractivity contribution in [1.29, 1.82) is 0 Å². The third-order valence-electron chi connectivity index (χ3n) is 8.90. The molecule has 3 heterocycles. The Labute approximate surface area is 255 Å². The van der Waals surface area contributed by atoms with E-state index < -0.39 is 51.3 Å². The summed E-state index contributed by atoms with van der Waals surface area (Å²) in [4.78, 5) is 55.2. The predicted octanol–water partition coefficient (Wildman–Crippen LogP) is 2.89. The molecule has 0 aromatic heterocycles. The molecule has 0 radical (unpaired) electrons. The zero-order chi connectivity index (χ0) is 31.4. The first-order chi connectivity index (χ1) is 20.3. The highest BCUT2D eigenvalue weighted by Crippen LogP contribution is 2.46. The number of piperidine rings is 1. The summed E-state index contributed by atoms with van der Waals surface area (Å²) >= 11 is 0. The van der Waals surface area contributed by atoms with Crippen LogP contribution < -0.4 is 15.4 Å². The van der Waals surface area contributed by atoms with Gasteiger partial charge < -0.3 is 20.3 Å². The van der Waals surface area contributed by atoms with Gasteiger partial charge in [-0.05, 0) is 78.6 Å². The van der Waals surface area contributed by atoms with Crippen LogP contribution in [-0.2, 0) is 29.3 Å². The fraction of sp³-hybridized carbons (Fsp3) is 0.800.